The lowest BCUT2D eigenvalue weighted by atomic mass is 10.1. The molecule has 2 nitrogen and oxygen atoms in total. The summed E-state index contributed by atoms with van der Waals surface area (Å²) in [5.41, 5.74) is 5.97. The van der Waals surface area contributed by atoms with Gasteiger partial charge in [0.1, 0.15) is 5.75 Å². The molecule has 1 rings (SSSR count). The Morgan fingerprint density at radius 3 is 3.17 bits per heavy atom. The van der Waals surface area contributed by atoms with Crippen molar-refractivity contribution in [2.45, 2.75) is 6.40 Å². The Labute approximate surface area is 83.7 Å². The molecule has 0 saturated heterocycles. The van der Waals surface area contributed by atoms with E-state index in [0.717, 1.165) is 4.47 Å². The van der Waals surface area contributed by atoms with Crippen LogP contribution in [0.2, 0.25) is 0 Å². The zero-order chi connectivity index (χ0) is 10.7. The molecule has 0 bridgehead atoms. The third kappa shape index (κ3) is 2.22. The number of benzene rings is 1. The highest BCUT2D eigenvalue weighted by atomic mass is 79.9. The smallest absolute Gasteiger partial charge is 0.133 e. The predicted octanol–water partition coefficient (Wildman–Crippen LogP) is 1.96. The standard InChI is InChI=1S/C9H12BrNO/c1-12-9-6-7(4-5-11)2-3-8(9)10/h2-3,6H,4-5,11H2,1H3/i2D,4D. The number of methoxy groups -OCH3 is 1. The van der Waals surface area contributed by atoms with Gasteiger partial charge in [-0.15, -0.1) is 0 Å². The fraction of sp³-hybridized carbons (Fsp3) is 0.333. The summed E-state index contributed by atoms with van der Waals surface area (Å²) in [5, 5.41) is 0. The fourth-order valence-corrected chi connectivity index (χ4v) is 1.26. The normalized spacial score (nSPS) is 14.9. The minimum absolute atomic E-state index is 0.205. The third-order valence-electron chi connectivity index (χ3n) is 1.45. The Morgan fingerprint density at radius 2 is 2.58 bits per heavy atom. The van der Waals surface area contributed by atoms with Crippen molar-refractivity contribution >= 4 is 15.9 Å². The van der Waals surface area contributed by atoms with Crippen molar-refractivity contribution in [2.75, 3.05) is 13.7 Å². The number of halogens is 1. The van der Waals surface area contributed by atoms with Crippen LogP contribution in [0.1, 0.15) is 8.30 Å². The van der Waals surface area contributed by atoms with Gasteiger partial charge in [0.05, 0.1) is 13.0 Å². The lowest BCUT2D eigenvalue weighted by Crippen LogP contribution is -2.02. The van der Waals surface area contributed by atoms with Crippen LogP contribution in [0.15, 0.2) is 22.6 Å². The molecule has 1 unspecified atom stereocenters. The summed E-state index contributed by atoms with van der Waals surface area (Å²) >= 11 is 3.27. The summed E-state index contributed by atoms with van der Waals surface area (Å²) in [6.45, 7) is 0.205. The second-order valence-corrected chi connectivity index (χ2v) is 3.10. The van der Waals surface area contributed by atoms with Gasteiger partial charge in [0.2, 0.25) is 0 Å². The molecule has 0 saturated carbocycles. The van der Waals surface area contributed by atoms with E-state index in [4.69, 9.17) is 13.2 Å². The largest absolute Gasteiger partial charge is 0.496 e. The average molecular weight is 232 g/mol. The van der Waals surface area contributed by atoms with Crippen LogP contribution in [0.25, 0.3) is 0 Å². The molecular formula is C9H12BrNO. The second kappa shape index (κ2) is 4.48. The molecule has 0 spiro atoms. The molecule has 0 aliphatic rings. The third-order valence-corrected chi connectivity index (χ3v) is 2.06. The van der Waals surface area contributed by atoms with Crippen LogP contribution in [0.5, 0.6) is 5.75 Å². The monoisotopic (exact) mass is 231 g/mol. The minimum Gasteiger partial charge on any atom is -0.496 e. The van der Waals surface area contributed by atoms with E-state index in [1.807, 2.05) is 0 Å². The molecule has 0 aromatic heterocycles. The Bertz CT molecular complexity index is 333. The van der Waals surface area contributed by atoms with Crippen LogP contribution in [0.3, 0.4) is 0 Å². The molecule has 2 N–H and O–H groups in total. The highest BCUT2D eigenvalue weighted by Gasteiger charge is 1.99. The van der Waals surface area contributed by atoms with E-state index in [9.17, 15) is 0 Å². The van der Waals surface area contributed by atoms with E-state index in [1.54, 1.807) is 19.2 Å². The first-order chi connectivity index (χ1) is 6.60. The van der Waals surface area contributed by atoms with Gasteiger partial charge in [-0.25, -0.2) is 0 Å². The summed E-state index contributed by atoms with van der Waals surface area (Å²) < 4.78 is 21.1. The molecule has 66 valence electrons. The molecule has 0 radical (unpaired) electrons. The van der Waals surface area contributed by atoms with Crippen molar-refractivity contribution < 1.29 is 7.48 Å². The Hall–Kier alpha value is -0.540. The first-order valence-corrected chi connectivity index (χ1v) is 4.35. The van der Waals surface area contributed by atoms with Crippen LogP contribution in [0, 0.1) is 0 Å². The van der Waals surface area contributed by atoms with Gasteiger partial charge in [0.15, 0.2) is 0 Å². The minimum atomic E-state index is -0.565. The highest BCUT2D eigenvalue weighted by Crippen LogP contribution is 2.25. The van der Waals surface area contributed by atoms with Crippen LogP contribution in [-0.2, 0) is 6.40 Å². The maximum atomic E-state index is 7.66. The number of ether oxygens (including phenoxy) is 1. The molecule has 0 amide bonds. The van der Waals surface area contributed by atoms with Crippen LogP contribution in [-0.4, -0.2) is 13.7 Å². The lowest BCUT2D eigenvalue weighted by Gasteiger charge is -2.05. The summed E-state index contributed by atoms with van der Waals surface area (Å²) in [6.07, 6.45) is -0.565. The molecule has 3 heteroatoms. The van der Waals surface area contributed by atoms with Gasteiger partial charge in [0, 0.05) is 1.37 Å². The van der Waals surface area contributed by atoms with Crippen molar-refractivity contribution in [3.8, 4) is 5.75 Å². The zero-order valence-corrected chi connectivity index (χ0v) is 8.39. The Morgan fingerprint density at radius 1 is 1.83 bits per heavy atom. The van der Waals surface area contributed by atoms with Crippen LogP contribution < -0.4 is 10.5 Å². The molecule has 1 aromatic rings. The van der Waals surface area contributed by atoms with E-state index >= 15 is 0 Å². The number of nitrogens with two attached hydrogens (primary N) is 1. The Balaban J connectivity index is 3.17. The molecule has 0 heterocycles. The van der Waals surface area contributed by atoms with Gasteiger partial charge in [-0.1, -0.05) is 6.04 Å². The first kappa shape index (κ1) is 6.92. The molecule has 1 aromatic carbocycles. The number of hydrogen-bond acceptors (Lipinski definition) is 2. The molecule has 12 heavy (non-hydrogen) atoms. The van der Waals surface area contributed by atoms with E-state index in [-0.39, 0.29) is 6.54 Å². The van der Waals surface area contributed by atoms with Gasteiger partial charge in [-0.05, 0) is 46.6 Å². The van der Waals surface area contributed by atoms with Crippen molar-refractivity contribution in [2.24, 2.45) is 5.73 Å². The van der Waals surface area contributed by atoms with E-state index in [1.165, 1.54) is 0 Å². The molecule has 0 aliphatic heterocycles. The first-order valence-electron chi connectivity index (χ1n) is 4.64. The van der Waals surface area contributed by atoms with Crippen molar-refractivity contribution in [1.29, 1.82) is 0 Å². The quantitative estimate of drug-likeness (QED) is 0.864. The average Bonchev–Trinajstić information content (AvgIpc) is 2.17. The second-order valence-electron chi connectivity index (χ2n) is 2.24. The van der Waals surface area contributed by atoms with Gasteiger partial charge in [-0.2, -0.15) is 0 Å². The summed E-state index contributed by atoms with van der Waals surface area (Å²) in [7, 11) is 1.55. The predicted molar refractivity (Wildman–Crippen MR) is 53.5 cm³/mol. The maximum absolute atomic E-state index is 7.66. The maximum Gasteiger partial charge on any atom is 0.133 e. The summed E-state index contributed by atoms with van der Waals surface area (Å²) in [6, 6.07) is 3.60. The van der Waals surface area contributed by atoms with Crippen molar-refractivity contribution in [1.82, 2.24) is 0 Å². The van der Waals surface area contributed by atoms with Crippen LogP contribution >= 0.6 is 15.9 Å². The van der Waals surface area contributed by atoms with Crippen molar-refractivity contribution in [3.63, 3.8) is 0 Å². The van der Waals surface area contributed by atoms with E-state index in [2.05, 4.69) is 15.9 Å². The van der Waals surface area contributed by atoms with Crippen molar-refractivity contribution in [3.05, 3.63) is 28.2 Å². The summed E-state index contributed by atoms with van der Waals surface area (Å²) in [5.74, 6) is 0.627. The Kier molecular flexibility index (Phi) is 2.58. The van der Waals surface area contributed by atoms with E-state index < -0.39 is 6.40 Å². The highest BCUT2D eigenvalue weighted by molar-refractivity contribution is 9.10. The SMILES string of the molecule is [2H]c1cc(Br)c(OC)cc1C([2H])CN. The molecular weight excluding hydrogens is 218 g/mol. The van der Waals surface area contributed by atoms with Gasteiger partial charge >= 0.3 is 0 Å². The molecule has 0 fully saturated rings. The zero-order valence-electron chi connectivity index (χ0n) is 8.80. The molecule has 1 atom stereocenters. The number of hydrogen-bond donors (Lipinski definition) is 1. The molecule has 0 aliphatic carbocycles. The van der Waals surface area contributed by atoms with Gasteiger partial charge < -0.3 is 10.5 Å². The van der Waals surface area contributed by atoms with Crippen LogP contribution in [0.4, 0.5) is 0 Å². The topological polar surface area (TPSA) is 35.2 Å². The fourth-order valence-electron chi connectivity index (χ4n) is 0.871. The van der Waals surface area contributed by atoms with Gasteiger partial charge in [-0.3, -0.25) is 0 Å². The van der Waals surface area contributed by atoms with E-state index in [0.29, 0.717) is 17.4 Å². The number of rotatable bonds is 3. The summed E-state index contributed by atoms with van der Waals surface area (Å²) in [4.78, 5) is 0. The lowest BCUT2D eigenvalue weighted by molar-refractivity contribution is 0.411. The van der Waals surface area contributed by atoms with Gasteiger partial charge in [0.25, 0.3) is 0 Å².